The summed E-state index contributed by atoms with van der Waals surface area (Å²) in [6.07, 6.45) is 0.980. The van der Waals surface area contributed by atoms with Crippen molar-refractivity contribution in [3.63, 3.8) is 0 Å². The van der Waals surface area contributed by atoms with E-state index in [0.717, 1.165) is 10.9 Å². The van der Waals surface area contributed by atoms with E-state index in [9.17, 15) is 0 Å². The molecule has 68 valence electrons. The quantitative estimate of drug-likeness (QED) is 0.748. The fourth-order valence-corrected chi connectivity index (χ4v) is 2.25. The van der Waals surface area contributed by atoms with Crippen molar-refractivity contribution in [3.8, 4) is 0 Å². The molecule has 0 atom stereocenters. The lowest BCUT2D eigenvalue weighted by Crippen LogP contribution is -1.90. The average molecular weight is 239 g/mol. The van der Waals surface area contributed by atoms with Gasteiger partial charge in [-0.25, -0.2) is 0 Å². The van der Waals surface area contributed by atoms with E-state index in [1.807, 2.05) is 23.9 Å². The summed E-state index contributed by atoms with van der Waals surface area (Å²) in [5.41, 5.74) is 2.35. The van der Waals surface area contributed by atoms with Gasteiger partial charge in [0.05, 0.1) is 11.2 Å². The predicted molar refractivity (Wildman–Crippen MR) is 57.8 cm³/mol. The molecule has 0 fully saturated rings. The number of rotatable bonds is 1. The third-order valence-electron chi connectivity index (χ3n) is 2.23. The molecule has 0 amide bonds. The minimum atomic E-state index is 0.980. The second kappa shape index (κ2) is 3.14. The van der Waals surface area contributed by atoms with Crippen molar-refractivity contribution in [1.29, 1.82) is 0 Å². The minimum absolute atomic E-state index is 0.980. The van der Waals surface area contributed by atoms with Gasteiger partial charge in [-0.15, -0.1) is 0 Å². The Morgan fingerprint density at radius 2 is 2.23 bits per heavy atom. The Morgan fingerprint density at radius 3 is 2.92 bits per heavy atom. The van der Waals surface area contributed by atoms with Crippen molar-refractivity contribution in [1.82, 2.24) is 9.78 Å². The maximum atomic E-state index is 4.46. The zero-order valence-corrected chi connectivity index (χ0v) is 9.30. The van der Waals surface area contributed by atoms with Crippen LogP contribution in [-0.4, -0.2) is 9.78 Å². The minimum Gasteiger partial charge on any atom is -0.267 e. The van der Waals surface area contributed by atoms with Crippen LogP contribution in [-0.2, 0) is 13.5 Å². The summed E-state index contributed by atoms with van der Waals surface area (Å²) >= 11 is 3.53. The van der Waals surface area contributed by atoms with E-state index in [-0.39, 0.29) is 0 Å². The molecule has 3 heteroatoms. The maximum absolute atomic E-state index is 4.46. The highest BCUT2D eigenvalue weighted by molar-refractivity contribution is 9.10. The Morgan fingerprint density at radius 1 is 1.46 bits per heavy atom. The largest absolute Gasteiger partial charge is 0.267 e. The molecule has 2 aromatic rings. The van der Waals surface area contributed by atoms with Gasteiger partial charge in [-0.1, -0.05) is 19.1 Å². The SMILES string of the molecule is CCc1nn(C)c2c(Br)cccc12. The number of halogens is 1. The maximum Gasteiger partial charge on any atom is 0.0823 e. The first-order valence-electron chi connectivity index (χ1n) is 4.34. The van der Waals surface area contributed by atoms with Crippen molar-refractivity contribution in [2.75, 3.05) is 0 Å². The van der Waals surface area contributed by atoms with Crippen LogP contribution < -0.4 is 0 Å². The lowest BCUT2D eigenvalue weighted by atomic mass is 10.2. The van der Waals surface area contributed by atoms with Crippen LogP contribution in [0.3, 0.4) is 0 Å². The Labute approximate surface area is 85.7 Å². The van der Waals surface area contributed by atoms with Gasteiger partial charge in [-0.3, -0.25) is 4.68 Å². The summed E-state index contributed by atoms with van der Waals surface area (Å²) in [5, 5.41) is 5.71. The molecule has 0 bridgehead atoms. The molecule has 0 saturated carbocycles. The lowest BCUT2D eigenvalue weighted by Gasteiger charge is -1.95. The Balaban J connectivity index is 2.87. The molecule has 0 aliphatic heterocycles. The van der Waals surface area contributed by atoms with Crippen molar-refractivity contribution >= 4 is 26.8 Å². The van der Waals surface area contributed by atoms with Crippen molar-refractivity contribution < 1.29 is 0 Å². The molecule has 1 heterocycles. The van der Waals surface area contributed by atoms with Crippen LogP contribution in [0.1, 0.15) is 12.6 Å². The van der Waals surface area contributed by atoms with E-state index in [4.69, 9.17) is 0 Å². The number of fused-ring (bicyclic) bond motifs is 1. The molecule has 0 radical (unpaired) electrons. The summed E-state index contributed by atoms with van der Waals surface area (Å²) in [5.74, 6) is 0. The third-order valence-corrected chi connectivity index (χ3v) is 2.87. The molecule has 0 spiro atoms. The van der Waals surface area contributed by atoms with Crippen LogP contribution >= 0.6 is 15.9 Å². The van der Waals surface area contributed by atoms with E-state index >= 15 is 0 Å². The normalized spacial score (nSPS) is 11.0. The highest BCUT2D eigenvalue weighted by atomic mass is 79.9. The lowest BCUT2D eigenvalue weighted by molar-refractivity contribution is 0.769. The van der Waals surface area contributed by atoms with Crippen LogP contribution in [0.4, 0.5) is 0 Å². The second-order valence-electron chi connectivity index (χ2n) is 3.06. The molecule has 1 aromatic heterocycles. The van der Waals surface area contributed by atoms with E-state index in [2.05, 4.69) is 34.0 Å². The Bertz CT molecular complexity index is 445. The van der Waals surface area contributed by atoms with E-state index < -0.39 is 0 Å². The fraction of sp³-hybridized carbons (Fsp3) is 0.300. The smallest absolute Gasteiger partial charge is 0.0823 e. The number of para-hydroxylation sites is 1. The monoisotopic (exact) mass is 238 g/mol. The van der Waals surface area contributed by atoms with Crippen LogP contribution in [0.2, 0.25) is 0 Å². The summed E-state index contributed by atoms with van der Waals surface area (Å²) in [4.78, 5) is 0. The predicted octanol–water partition coefficient (Wildman–Crippen LogP) is 2.90. The van der Waals surface area contributed by atoms with Gasteiger partial charge in [-0.2, -0.15) is 5.10 Å². The topological polar surface area (TPSA) is 17.8 Å². The molecule has 0 aliphatic carbocycles. The highest BCUT2D eigenvalue weighted by Crippen LogP contribution is 2.25. The second-order valence-corrected chi connectivity index (χ2v) is 3.91. The third kappa shape index (κ3) is 1.27. The van der Waals surface area contributed by atoms with Crippen LogP contribution in [0.25, 0.3) is 10.9 Å². The summed E-state index contributed by atoms with van der Waals surface area (Å²) in [6.45, 7) is 2.13. The zero-order chi connectivity index (χ0) is 9.42. The van der Waals surface area contributed by atoms with Gasteiger partial charge in [0.1, 0.15) is 0 Å². The van der Waals surface area contributed by atoms with Crippen molar-refractivity contribution in [2.45, 2.75) is 13.3 Å². The molecule has 0 unspecified atom stereocenters. The zero-order valence-electron chi connectivity index (χ0n) is 7.71. The van der Waals surface area contributed by atoms with Gasteiger partial charge >= 0.3 is 0 Å². The Hall–Kier alpha value is -0.830. The number of aromatic nitrogens is 2. The fourth-order valence-electron chi connectivity index (χ4n) is 1.62. The van der Waals surface area contributed by atoms with Crippen molar-refractivity contribution in [3.05, 3.63) is 28.4 Å². The standard InChI is InChI=1S/C10H11BrN2/c1-3-9-7-5-4-6-8(11)10(7)13(2)12-9/h4-6H,3H2,1-2H3. The molecule has 0 aliphatic rings. The van der Waals surface area contributed by atoms with Gasteiger partial charge in [-0.05, 0) is 28.4 Å². The number of aryl methyl sites for hydroxylation is 2. The molecule has 2 rings (SSSR count). The first-order chi connectivity index (χ1) is 6.24. The van der Waals surface area contributed by atoms with E-state index in [1.165, 1.54) is 16.6 Å². The van der Waals surface area contributed by atoms with Gasteiger partial charge in [0, 0.05) is 16.9 Å². The first-order valence-corrected chi connectivity index (χ1v) is 5.13. The van der Waals surface area contributed by atoms with E-state index in [1.54, 1.807) is 0 Å². The van der Waals surface area contributed by atoms with Crippen molar-refractivity contribution in [2.24, 2.45) is 7.05 Å². The molecule has 0 N–H and O–H groups in total. The number of hydrogen-bond acceptors (Lipinski definition) is 1. The average Bonchev–Trinajstić information content (AvgIpc) is 2.44. The van der Waals surface area contributed by atoms with Crippen LogP contribution in [0.15, 0.2) is 22.7 Å². The van der Waals surface area contributed by atoms with Gasteiger partial charge < -0.3 is 0 Å². The van der Waals surface area contributed by atoms with Gasteiger partial charge in [0.15, 0.2) is 0 Å². The van der Waals surface area contributed by atoms with Crippen LogP contribution in [0.5, 0.6) is 0 Å². The molecule has 1 aromatic carbocycles. The molecule has 13 heavy (non-hydrogen) atoms. The first kappa shape index (κ1) is 8.75. The number of hydrogen-bond donors (Lipinski definition) is 0. The summed E-state index contributed by atoms with van der Waals surface area (Å²) in [7, 11) is 1.98. The van der Waals surface area contributed by atoms with Crippen LogP contribution in [0, 0.1) is 0 Å². The molecular formula is C10H11BrN2. The molecule has 2 nitrogen and oxygen atoms in total. The number of benzene rings is 1. The molecular weight excluding hydrogens is 228 g/mol. The number of nitrogens with zero attached hydrogens (tertiary/aromatic N) is 2. The van der Waals surface area contributed by atoms with Gasteiger partial charge in [0.25, 0.3) is 0 Å². The summed E-state index contributed by atoms with van der Waals surface area (Å²) < 4.78 is 3.04. The highest BCUT2D eigenvalue weighted by Gasteiger charge is 2.08. The Kier molecular flexibility index (Phi) is 2.12. The summed E-state index contributed by atoms with van der Waals surface area (Å²) in [6, 6.07) is 6.21. The van der Waals surface area contributed by atoms with Gasteiger partial charge in [0.2, 0.25) is 0 Å². The molecule has 0 saturated heterocycles. The van der Waals surface area contributed by atoms with E-state index in [0.29, 0.717) is 0 Å².